The second-order valence-corrected chi connectivity index (χ2v) is 11.6. The lowest BCUT2D eigenvalue weighted by Gasteiger charge is -2.25. The van der Waals surface area contributed by atoms with Crippen molar-refractivity contribution < 1.29 is 23.5 Å². The zero-order chi connectivity index (χ0) is 33.8. The van der Waals surface area contributed by atoms with Crippen LogP contribution >= 0.6 is 0 Å². The maximum atomic E-state index is 14.1. The molecule has 0 aliphatic rings. The first kappa shape index (κ1) is 35.3. The number of halogens is 2. The summed E-state index contributed by atoms with van der Waals surface area (Å²) < 4.78 is 28.2. The van der Waals surface area contributed by atoms with Crippen LogP contribution in [0.3, 0.4) is 0 Å². The second-order valence-electron chi connectivity index (χ2n) is 11.6. The van der Waals surface area contributed by atoms with Gasteiger partial charge in [-0.25, -0.2) is 18.7 Å². The molecule has 0 bridgehead atoms. The van der Waals surface area contributed by atoms with E-state index in [1.165, 1.54) is 23.8 Å². The molecule has 0 saturated heterocycles. The number of aliphatic hydroxyl groups is 1. The molecule has 0 radical (unpaired) electrons. The fraction of sp³-hybridized carbons (Fsp3) is 0.351. The summed E-state index contributed by atoms with van der Waals surface area (Å²) in [6, 6.07) is 16.8. The van der Waals surface area contributed by atoms with Crippen molar-refractivity contribution in [1.82, 2.24) is 25.5 Å². The number of benzene rings is 3. The van der Waals surface area contributed by atoms with Crippen molar-refractivity contribution in [2.24, 2.45) is 0 Å². The van der Waals surface area contributed by atoms with Gasteiger partial charge in [-0.15, -0.1) is 0 Å². The minimum atomic E-state index is -1.12. The summed E-state index contributed by atoms with van der Waals surface area (Å²) in [7, 11) is 0. The summed E-state index contributed by atoms with van der Waals surface area (Å²) in [5.74, 6) is -1.95. The highest BCUT2D eigenvalue weighted by atomic mass is 19.1. The Labute approximate surface area is 275 Å². The molecule has 3 N–H and O–H groups in total. The van der Waals surface area contributed by atoms with Gasteiger partial charge in [0.2, 0.25) is 0 Å². The minimum Gasteiger partial charge on any atom is -0.390 e. The molecule has 0 saturated carbocycles. The van der Waals surface area contributed by atoms with Crippen LogP contribution in [0.2, 0.25) is 0 Å². The number of rotatable bonds is 16. The summed E-state index contributed by atoms with van der Waals surface area (Å²) in [4.78, 5) is 37.9. The third-order valence-corrected chi connectivity index (χ3v) is 7.78. The number of amides is 2. The Balaban J connectivity index is 1.62. The summed E-state index contributed by atoms with van der Waals surface area (Å²) >= 11 is 0. The third kappa shape index (κ3) is 10.2. The number of aromatic nitrogens is 2. The lowest BCUT2D eigenvalue weighted by Crippen LogP contribution is -2.48. The van der Waals surface area contributed by atoms with Gasteiger partial charge in [0.1, 0.15) is 11.6 Å². The molecule has 4 rings (SSSR count). The van der Waals surface area contributed by atoms with Gasteiger partial charge in [-0.3, -0.25) is 9.59 Å². The van der Waals surface area contributed by atoms with Gasteiger partial charge in [-0.2, -0.15) is 0 Å². The van der Waals surface area contributed by atoms with E-state index in [1.54, 1.807) is 35.5 Å². The van der Waals surface area contributed by atoms with Crippen molar-refractivity contribution in [3.8, 4) is 11.4 Å². The quantitative estimate of drug-likeness (QED) is 0.144. The van der Waals surface area contributed by atoms with Crippen molar-refractivity contribution in [3.63, 3.8) is 0 Å². The first-order valence-electron chi connectivity index (χ1n) is 16.1. The van der Waals surface area contributed by atoms with E-state index in [-0.39, 0.29) is 30.0 Å². The van der Waals surface area contributed by atoms with E-state index in [4.69, 9.17) is 0 Å². The largest absolute Gasteiger partial charge is 0.390 e. The Morgan fingerprint density at radius 2 is 1.49 bits per heavy atom. The van der Waals surface area contributed by atoms with Crippen molar-refractivity contribution in [2.75, 3.05) is 19.6 Å². The van der Waals surface area contributed by atoms with E-state index in [0.717, 1.165) is 30.9 Å². The summed E-state index contributed by atoms with van der Waals surface area (Å²) in [6.45, 7) is 7.78. The molecule has 47 heavy (non-hydrogen) atoms. The monoisotopic (exact) mass is 643 g/mol. The average Bonchev–Trinajstić information content (AvgIpc) is 3.07. The zero-order valence-corrected chi connectivity index (χ0v) is 27.2. The maximum absolute atomic E-state index is 14.1. The van der Waals surface area contributed by atoms with E-state index < -0.39 is 29.7 Å². The molecule has 0 aliphatic heterocycles. The molecule has 0 fully saturated rings. The molecule has 3 aromatic carbocycles. The van der Waals surface area contributed by atoms with Gasteiger partial charge in [0.25, 0.3) is 11.8 Å². The van der Waals surface area contributed by atoms with Crippen molar-refractivity contribution in [3.05, 3.63) is 119 Å². The Morgan fingerprint density at radius 1 is 0.830 bits per heavy atom. The van der Waals surface area contributed by atoms with Crippen molar-refractivity contribution >= 4 is 11.8 Å². The number of carbonyl (C=O) groups excluding carboxylic acids is 2. The van der Waals surface area contributed by atoms with Crippen molar-refractivity contribution in [1.29, 1.82) is 0 Å². The van der Waals surface area contributed by atoms with Gasteiger partial charge < -0.3 is 20.6 Å². The SMILES string of the molecule is CCCN(CCC)C(=O)c1cc(C(=O)N[C@@H](Cc2cc(F)cc(F)c2)[C@H](O)CNCc2cccc(CC)c2)cc(-c2ncccn2)c1. The predicted molar refractivity (Wildman–Crippen MR) is 179 cm³/mol. The van der Waals surface area contributed by atoms with Gasteiger partial charge in [0.15, 0.2) is 5.82 Å². The fourth-order valence-corrected chi connectivity index (χ4v) is 5.48. The normalized spacial score (nSPS) is 12.4. The molecule has 10 heteroatoms. The highest BCUT2D eigenvalue weighted by molar-refractivity contribution is 6.01. The average molecular weight is 644 g/mol. The van der Waals surface area contributed by atoms with Crippen LogP contribution in [-0.4, -0.2) is 63.6 Å². The van der Waals surface area contributed by atoms with Crippen molar-refractivity contribution in [2.45, 2.75) is 65.1 Å². The van der Waals surface area contributed by atoms with E-state index in [2.05, 4.69) is 33.6 Å². The molecule has 248 valence electrons. The Kier molecular flexibility index (Phi) is 13.1. The number of nitrogens with one attached hydrogen (secondary N) is 2. The van der Waals surface area contributed by atoms with E-state index in [1.807, 2.05) is 32.0 Å². The van der Waals surface area contributed by atoms with E-state index in [9.17, 15) is 23.5 Å². The lowest BCUT2D eigenvalue weighted by molar-refractivity contribution is 0.0755. The molecule has 0 spiro atoms. The standard InChI is InChI=1S/C37H43F2N5O3/c1-4-13-44(14-5-2)37(47)30-20-28(35-41-11-8-12-42-35)19-29(21-30)36(46)43-33(18-27-16-31(38)22-32(39)17-27)34(45)24-40-23-26-10-7-9-25(6-3)15-26/h7-12,15-17,19-22,33-34,40,45H,4-6,13-14,18,23-24H2,1-3H3,(H,43,46)/t33-,34+/m0/s1. The summed E-state index contributed by atoms with van der Waals surface area (Å²) in [6.07, 6.45) is 4.45. The highest BCUT2D eigenvalue weighted by Gasteiger charge is 2.25. The molecule has 1 heterocycles. The Bertz CT molecular complexity index is 1610. The minimum absolute atomic E-state index is 0.0390. The zero-order valence-electron chi connectivity index (χ0n) is 27.2. The Morgan fingerprint density at radius 3 is 2.15 bits per heavy atom. The predicted octanol–water partition coefficient (Wildman–Crippen LogP) is 5.74. The smallest absolute Gasteiger partial charge is 0.253 e. The van der Waals surface area contributed by atoms with Gasteiger partial charge in [0, 0.05) is 61.3 Å². The number of carbonyl (C=O) groups is 2. The third-order valence-electron chi connectivity index (χ3n) is 7.78. The van der Waals surface area contributed by atoms with Crippen LogP contribution in [-0.2, 0) is 19.4 Å². The first-order chi connectivity index (χ1) is 22.7. The molecular weight excluding hydrogens is 600 g/mol. The fourth-order valence-electron chi connectivity index (χ4n) is 5.48. The maximum Gasteiger partial charge on any atom is 0.253 e. The van der Waals surface area contributed by atoms with Gasteiger partial charge in [-0.1, -0.05) is 45.0 Å². The van der Waals surface area contributed by atoms with Crippen LogP contribution in [0.5, 0.6) is 0 Å². The van der Waals surface area contributed by atoms with Crippen LogP contribution in [0, 0.1) is 11.6 Å². The van der Waals surface area contributed by atoms with Crippen LogP contribution < -0.4 is 10.6 Å². The van der Waals surface area contributed by atoms with Crippen LogP contribution in [0.15, 0.2) is 79.1 Å². The summed E-state index contributed by atoms with van der Waals surface area (Å²) in [5, 5.41) is 17.4. The second kappa shape index (κ2) is 17.4. The number of hydrogen-bond donors (Lipinski definition) is 3. The summed E-state index contributed by atoms with van der Waals surface area (Å²) in [5.41, 5.74) is 3.47. The molecule has 4 aromatic rings. The van der Waals surface area contributed by atoms with Gasteiger partial charge in [0.05, 0.1) is 12.1 Å². The number of nitrogens with zero attached hydrogens (tertiary/aromatic N) is 3. The van der Waals surface area contributed by atoms with E-state index >= 15 is 0 Å². The number of aliphatic hydroxyl groups excluding tert-OH is 1. The molecule has 2 amide bonds. The molecule has 1 aromatic heterocycles. The lowest BCUT2D eigenvalue weighted by atomic mass is 9.99. The van der Waals surface area contributed by atoms with Crippen LogP contribution in [0.1, 0.15) is 71.0 Å². The number of aryl methyl sites for hydroxylation is 1. The molecule has 8 nitrogen and oxygen atoms in total. The van der Waals surface area contributed by atoms with Crippen LogP contribution in [0.4, 0.5) is 8.78 Å². The topological polar surface area (TPSA) is 107 Å². The van der Waals surface area contributed by atoms with Gasteiger partial charge >= 0.3 is 0 Å². The first-order valence-corrected chi connectivity index (χ1v) is 16.1. The highest BCUT2D eigenvalue weighted by Crippen LogP contribution is 2.22. The molecule has 2 atom stereocenters. The Hall–Kier alpha value is -4.54. The molecular formula is C37H43F2N5O3. The van der Waals surface area contributed by atoms with Gasteiger partial charge in [-0.05, 0) is 78.8 Å². The molecule has 0 aliphatic carbocycles. The molecule has 0 unspecified atom stereocenters. The van der Waals surface area contributed by atoms with Crippen LogP contribution in [0.25, 0.3) is 11.4 Å². The van der Waals surface area contributed by atoms with E-state index in [0.29, 0.717) is 36.6 Å². The number of hydrogen-bond acceptors (Lipinski definition) is 6.